The van der Waals surface area contributed by atoms with Gasteiger partial charge in [0, 0.05) is 13.1 Å². The van der Waals surface area contributed by atoms with Crippen molar-refractivity contribution in [3.05, 3.63) is 60.2 Å². The molecule has 0 aromatic heterocycles. The zero-order chi connectivity index (χ0) is 14.8. The van der Waals surface area contributed by atoms with Crippen LogP contribution in [0.4, 0.5) is 0 Å². The second-order valence-corrected chi connectivity index (χ2v) is 4.43. The number of para-hydroxylation sites is 1. The van der Waals surface area contributed by atoms with E-state index in [2.05, 4.69) is 5.32 Å². The molecule has 0 atom stereocenters. The van der Waals surface area contributed by atoms with E-state index in [-0.39, 0.29) is 6.61 Å². The fraction of sp³-hybridized carbons (Fsp3) is 0.235. The molecule has 0 bridgehead atoms. The molecule has 2 rings (SSSR count). The van der Waals surface area contributed by atoms with Gasteiger partial charge in [0.2, 0.25) is 0 Å². The Bertz CT molecular complexity index is 579. The monoisotopic (exact) mass is 282 g/mol. The molecule has 0 aliphatic heterocycles. The molecular formula is C17H18N2O2. The van der Waals surface area contributed by atoms with Crippen molar-refractivity contribution >= 4 is 0 Å². The molecule has 0 fully saturated rings. The topological polar surface area (TPSA) is 54.3 Å². The van der Waals surface area contributed by atoms with Crippen LogP contribution < -0.4 is 14.8 Å². The van der Waals surface area contributed by atoms with Gasteiger partial charge in [-0.2, -0.15) is 5.26 Å². The first kappa shape index (κ1) is 14.9. The minimum absolute atomic E-state index is 0.0712. The summed E-state index contributed by atoms with van der Waals surface area (Å²) in [5.74, 6) is 1.60. The summed E-state index contributed by atoms with van der Waals surface area (Å²) < 4.78 is 10.9. The maximum atomic E-state index is 8.49. The molecule has 108 valence electrons. The van der Waals surface area contributed by atoms with Gasteiger partial charge in [-0.15, -0.1) is 0 Å². The number of nitrogens with one attached hydrogen (secondary N) is 1. The van der Waals surface area contributed by atoms with Crippen molar-refractivity contribution in [2.24, 2.45) is 0 Å². The Morgan fingerprint density at radius 1 is 0.952 bits per heavy atom. The van der Waals surface area contributed by atoms with Crippen LogP contribution in [0.2, 0.25) is 0 Å². The predicted octanol–water partition coefficient (Wildman–Crippen LogP) is 2.76. The number of benzene rings is 2. The molecule has 0 aliphatic rings. The quantitative estimate of drug-likeness (QED) is 0.756. The lowest BCUT2D eigenvalue weighted by Crippen LogP contribution is -2.20. The van der Waals surface area contributed by atoms with E-state index in [9.17, 15) is 0 Å². The molecule has 1 N–H and O–H groups in total. The number of ether oxygens (including phenoxy) is 2. The van der Waals surface area contributed by atoms with Gasteiger partial charge in [-0.05, 0) is 29.8 Å². The van der Waals surface area contributed by atoms with Gasteiger partial charge in [0.15, 0.2) is 6.61 Å². The Labute approximate surface area is 124 Å². The zero-order valence-corrected chi connectivity index (χ0v) is 11.8. The summed E-state index contributed by atoms with van der Waals surface area (Å²) in [5, 5.41) is 11.8. The van der Waals surface area contributed by atoms with E-state index < -0.39 is 0 Å². The lowest BCUT2D eigenvalue weighted by molar-refractivity contribution is 0.313. The van der Waals surface area contributed by atoms with Crippen LogP contribution in [0.15, 0.2) is 54.6 Å². The predicted molar refractivity (Wildman–Crippen MR) is 81.2 cm³/mol. The van der Waals surface area contributed by atoms with Gasteiger partial charge in [0.05, 0.1) is 0 Å². The Morgan fingerprint density at radius 2 is 1.76 bits per heavy atom. The van der Waals surface area contributed by atoms with Crippen molar-refractivity contribution in [1.29, 1.82) is 5.26 Å². The van der Waals surface area contributed by atoms with Crippen molar-refractivity contribution in [2.75, 3.05) is 19.8 Å². The highest BCUT2D eigenvalue weighted by Gasteiger charge is 1.97. The molecule has 0 saturated carbocycles. The molecule has 0 unspecified atom stereocenters. The number of nitriles is 1. The molecule has 0 amide bonds. The maximum Gasteiger partial charge on any atom is 0.174 e. The van der Waals surface area contributed by atoms with Crippen LogP contribution in [-0.4, -0.2) is 19.8 Å². The van der Waals surface area contributed by atoms with Gasteiger partial charge in [-0.3, -0.25) is 0 Å². The molecule has 2 aromatic rings. The van der Waals surface area contributed by atoms with Gasteiger partial charge in [-0.25, -0.2) is 0 Å². The van der Waals surface area contributed by atoms with Crippen LogP contribution in [0.1, 0.15) is 5.56 Å². The molecule has 0 radical (unpaired) electrons. The van der Waals surface area contributed by atoms with Crippen molar-refractivity contribution in [3.8, 4) is 17.6 Å². The summed E-state index contributed by atoms with van der Waals surface area (Å²) in [5.41, 5.74) is 1.12. The van der Waals surface area contributed by atoms with E-state index in [1.54, 1.807) is 0 Å². The minimum atomic E-state index is 0.0712. The molecule has 4 heteroatoms. The molecule has 0 heterocycles. The van der Waals surface area contributed by atoms with Crippen molar-refractivity contribution in [2.45, 2.75) is 6.54 Å². The van der Waals surface area contributed by atoms with E-state index in [4.69, 9.17) is 14.7 Å². The number of hydrogen-bond donors (Lipinski definition) is 1. The van der Waals surface area contributed by atoms with E-state index in [0.717, 1.165) is 30.2 Å². The van der Waals surface area contributed by atoms with E-state index in [1.165, 1.54) is 0 Å². The molecule has 0 spiro atoms. The third kappa shape index (κ3) is 5.55. The lowest BCUT2D eigenvalue weighted by atomic mass is 10.2. The number of rotatable bonds is 8. The summed E-state index contributed by atoms with van der Waals surface area (Å²) >= 11 is 0. The summed E-state index contributed by atoms with van der Waals surface area (Å²) in [6, 6.07) is 19.4. The van der Waals surface area contributed by atoms with Crippen LogP contribution in [0, 0.1) is 11.3 Å². The minimum Gasteiger partial charge on any atom is -0.492 e. The maximum absolute atomic E-state index is 8.49. The standard InChI is InChI=1S/C17H18N2O2/c18-9-11-20-17-8-4-5-15(13-17)14-19-10-12-21-16-6-2-1-3-7-16/h1-8,13,19H,10-12,14H2. The molecular weight excluding hydrogens is 264 g/mol. The van der Waals surface area contributed by atoms with E-state index >= 15 is 0 Å². The summed E-state index contributed by atoms with van der Waals surface area (Å²) in [7, 11) is 0. The van der Waals surface area contributed by atoms with Gasteiger partial charge in [0.1, 0.15) is 24.2 Å². The molecule has 0 aliphatic carbocycles. The van der Waals surface area contributed by atoms with Gasteiger partial charge < -0.3 is 14.8 Å². The van der Waals surface area contributed by atoms with Crippen molar-refractivity contribution < 1.29 is 9.47 Å². The largest absolute Gasteiger partial charge is 0.492 e. The Hall–Kier alpha value is -2.51. The summed E-state index contributed by atoms with van der Waals surface area (Å²) in [6.45, 7) is 2.19. The van der Waals surface area contributed by atoms with Gasteiger partial charge >= 0.3 is 0 Å². The van der Waals surface area contributed by atoms with Crippen LogP contribution in [0.5, 0.6) is 11.5 Å². The highest BCUT2D eigenvalue weighted by atomic mass is 16.5. The van der Waals surface area contributed by atoms with Crippen LogP contribution >= 0.6 is 0 Å². The van der Waals surface area contributed by atoms with E-state index in [1.807, 2.05) is 60.7 Å². The summed E-state index contributed by atoms with van der Waals surface area (Å²) in [6.07, 6.45) is 0. The average Bonchev–Trinajstić information content (AvgIpc) is 2.54. The second-order valence-electron chi connectivity index (χ2n) is 4.43. The first-order valence-corrected chi connectivity index (χ1v) is 6.86. The smallest absolute Gasteiger partial charge is 0.174 e. The lowest BCUT2D eigenvalue weighted by Gasteiger charge is -2.08. The first-order valence-electron chi connectivity index (χ1n) is 6.86. The number of hydrogen-bond acceptors (Lipinski definition) is 4. The first-order chi connectivity index (χ1) is 10.4. The highest BCUT2D eigenvalue weighted by Crippen LogP contribution is 2.13. The van der Waals surface area contributed by atoms with Crippen LogP contribution in [0.25, 0.3) is 0 Å². The molecule has 4 nitrogen and oxygen atoms in total. The Kier molecular flexibility index (Phi) is 6.11. The SMILES string of the molecule is N#CCOc1cccc(CNCCOc2ccccc2)c1. The zero-order valence-electron chi connectivity index (χ0n) is 11.8. The third-order valence-electron chi connectivity index (χ3n) is 2.82. The van der Waals surface area contributed by atoms with Crippen molar-refractivity contribution in [1.82, 2.24) is 5.32 Å². The van der Waals surface area contributed by atoms with Crippen LogP contribution in [0.3, 0.4) is 0 Å². The van der Waals surface area contributed by atoms with Crippen LogP contribution in [-0.2, 0) is 6.54 Å². The molecule has 21 heavy (non-hydrogen) atoms. The molecule has 2 aromatic carbocycles. The summed E-state index contributed by atoms with van der Waals surface area (Å²) in [4.78, 5) is 0. The average molecular weight is 282 g/mol. The fourth-order valence-electron chi connectivity index (χ4n) is 1.85. The normalized spacial score (nSPS) is 9.86. The highest BCUT2D eigenvalue weighted by molar-refractivity contribution is 5.28. The second kappa shape index (κ2) is 8.62. The number of nitrogens with zero attached hydrogens (tertiary/aromatic N) is 1. The third-order valence-corrected chi connectivity index (χ3v) is 2.82. The van der Waals surface area contributed by atoms with Gasteiger partial charge in [0.25, 0.3) is 0 Å². The van der Waals surface area contributed by atoms with E-state index in [0.29, 0.717) is 6.61 Å². The van der Waals surface area contributed by atoms with Gasteiger partial charge in [-0.1, -0.05) is 30.3 Å². The molecule has 0 saturated heterocycles. The Balaban J connectivity index is 1.67. The van der Waals surface area contributed by atoms with Crippen molar-refractivity contribution in [3.63, 3.8) is 0 Å². The fourth-order valence-corrected chi connectivity index (χ4v) is 1.85. The Morgan fingerprint density at radius 3 is 2.57 bits per heavy atom.